The summed E-state index contributed by atoms with van der Waals surface area (Å²) in [5, 5.41) is 8.37. The Balaban J connectivity index is 2.01. The fraction of sp³-hybridized carbons (Fsp3) is 0. The molecule has 0 bridgehead atoms. The molecular formula is C14H9N3O. The van der Waals surface area contributed by atoms with Gasteiger partial charge in [-0.25, -0.2) is 0 Å². The quantitative estimate of drug-likeness (QED) is 0.550. The Morgan fingerprint density at radius 3 is 2.94 bits per heavy atom. The van der Waals surface area contributed by atoms with Gasteiger partial charge in [0.1, 0.15) is 11.2 Å². The molecule has 0 saturated carbocycles. The predicted octanol–water partition coefficient (Wildman–Crippen LogP) is 3.37. The first kappa shape index (κ1) is 9.41. The lowest BCUT2D eigenvalue weighted by molar-refractivity contribution is 0.628. The van der Waals surface area contributed by atoms with Crippen molar-refractivity contribution in [2.45, 2.75) is 0 Å². The van der Waals surface area contributed by atoms with Gasteiger partial charge in [-0.3, -0.25) is 10.1 Å². The third-order valence-electron chi connectivity index (χ3n) is 2.99. The molecule has 0 fully saturated rings. The molecule has 0 aliphatic heterocycles. The van der Waals surface area contributed by atoms with Gasteiger partial charge < -0.3 is 4.42 Å². The van der Waals surface area contributed by atoms with E-state index in [0.717, 1.165) is 33.5 Å². The van der Waals surface area contributed by atoms with Crippen molar-refractivity contribution in [3.8, 4) is 11.5 Å². The van der Waals surface area contributed by atoms with Gasteiger partial charge in [0.25, 0.3) is 0 Å². The minimum atomic E-state index is 0.737. The molecule has 1 N–H and O–H groups in total. The van der Waals surface area contributed by atoms with Gasteiger partial charge in [0.05, 0.1) is 5.52 Å². The Morgan fingerprint density at radius 2 is 2.00 bits per heavy atom. The van der Waals surface area contributed by atoms with Crippen LogP contribution in [0.3, 0.4) is 0 Å². The molecule has 0 aliphatic carbocycles. The van der Waals surface area contributed by atoms with Crippen LogP contribution in [-0.4, -0.2) is 15.2 Å². The van der Waals surface area contributed by atoms with Crippen molar-refractivity contribution >= 4 is 22.0 Å². The van der Waals surface area contributed by atoms with E-state index in [1.54, 1.807) is 6.20 Å². The number of fused-ring (bicyclic) bond motifs is 2. The molecule has 4 aromatic rings. The molecule has 0 amide bonds. The summed E-state index contributed by atoms with van der Waals surface area (Å²) in [5.41, 5.74) is 3.45. The molecule has 0 aliphatic rings. The molecule has 18 heavy (non-hydrogen) atoms. The number of furan rings is 1. The number of para-hydroxylation sites is 1. The van der Waals surface area contributed by atoms with Crippen molar-refractivity contribution in [2.24, 2.45) is 0 Å². The number of rotatable bonds is 1. The predicted molar refractivity (Wildman–Crippen MR) is 69.1 cm³/mol. The van der Waals surface area contributed by atoms with Gasteiger partial charge >= 0.3 is 0 Å². The smallest absolute Gasteiger partial charge is 0.157 e. The van der Waals surface area contributed by atoms with Crippen molar-refractivity contribution in [3.63, 3.8) is 0 Å². The van der Waals surface area contributed by atoms with Gasteiger partial charge in [-0.15, -0.1) is 0 Å². The van der Waals surface area contributed by atoms with Gasteiger partial charge in [-0.2, -0.15) is 5.10 Å². The summed E-state index contributed by atoms with van der Waals surface area (Å²) in [6.07, 6.45) is 1.75. The molecule has 0 unspecified atom stereocenters. The maximum Gasteiger partial charge on any atom is 0.157 e. The highest BCUT2D eigenvalue weighted by Crippen LogP contribution is 2.30. The highest BCUT2D eigenvalue weighted by molar-refractivity contribution is 5.93. The zero-order valence-corrected chi connectivity index (χ0v) is 9.42. The topological polar surface area (TPSA) is 54.7 Å². The highest BCUT2D eigenvalue weighted by atomic mass is 16.3. The lowest BCUT2D eigenvalue weighted by atomic mass is 10.2. The van der Waals surface area contributed by atoms with Gasteiger partial charge in [0, 0.05) is 17.6 Å². The Bertz CT molecular complexity index is 811. The number of aromatic nitrogens is 3. The number of nitrogens with zero attached hydrogens (tertiary/aromatic N) is 2. The maximum atomic E-state index is 5.78. The van der Waals surface area contributed by atoms with Crippen LogP contribution in [-0.2, 0) is 0 Å². The normalized spacial score (nSPS) is 11.3. The first-order valence-electron chi connectivity index (χ1n) is 5.70. The van der Waals surface area contributed by atoms with Crippen LogP contribution in [0.15, 0.2) is 53.1 Å². The van der Waals surface area contributed by atoms with Crippen LogP contribution in [0.2, 0.25) is 0 Å². The fourth-order valence-electron chi connectivity index (χ4n) is 2.14. The number of hydrogen-bond acceptors (Lipinski definition) is 3. The van der Waals surface area contributed by atoms with Crippen molar-refractivity contribution in [2.75, 3.05) is 0 Å². The molecule has 4 nitrogen and oxygen atoms in total. The zero-order valence-electron chi connectivity index (χ0n) is 9.42. The highest BCUT2D eigenvalue weighted by Gasteiger charge is 2.12. The van der Waals surface area contributed by atoms with Gasteiger partial charge in [-0.1, -0.05) is 18.2 Å². The van der Waals surface area contributed by atoms with E-state index in [2.05, 4.69) is 15.2 Å². The van der Waals surface area contributed by atoms with Crippen LogP contribution in [0.4, 0.5) is 0 Å². The number of aromatic amines is 1. The first-order valence-corrected chi connectivity index (χ1v) is 5.70. The molecule has 0 radical (unpaired) electrons. The van der Waals surface area contributed by atoms with E-state index in [1.165, 1.54) is 0 Å². The zero-order chi connectivity index (χ0) is 11.9. The molecule has 86 valence electrons. The minimum Gasteiger partial charge on any atom is -0.453 e. The Labute approximate surface area is 102 Å². The van der Waals surface area contributed by atoms with Gasteiger partial charge in [0.15, 0.2) is 11.3 Å². The molecule has 1 aromatic carbocycles. The summed E-state index contributed by atoms with van der Waals surface area (Å²) in [7, 11) is 0. The Hall–Kier alpha value is -2.62. The van der Waals surface area contributed by atoms with Crippen molar-refractivity contribution in [1.82, 2.24) is 15.2 Å². The van der Waals surface area contributed by atoms with Crippen LogP contribution in [0.25, 0.3) is 33.5 Å². The molecule has 3 heterocycles. The number of benzene rings is 1. The summed E-state index contributed by atoms with van der Waals surface area (Å²) in [4.78, 5) is 4.26. The molecule has 4 heteroatoms. The van der Waals surface area contributed by atoms with Gasteiger partial charge in [0.2, 0.25) is 0 Å². The van der Waals surface area contributed by atoms with Gasteiger partial charge in [-0.05, 0) is 18.2 Å². The summed E-state index contributed by atoms with van der Waals surface area (Å²) < 4.78 is 5.78. The number of pyridine rings is 1. The summed E-state index contributed by atoms with van der Waals surface area (Å²) in [6, 6.07) is 13.7. The molecule has 0 atom stereocenters. The maximum absolute atomic E-state index is 5.78. The van der Waals surface area contributed by atoms with E-state index in [-0.39, 0.29) is 0 Å². The Kier molecular flexibility index (Phi) is 1.80. The van der Waals surface area contributed by atoms with Crippen molar-refractivity contribution < 1.29 is 4.42 Å². The largest absolute Gasteiger partial charge is 0.453 e. The van der Waals surface area contributed by atoms with Crippen molar-refractivity contribution in [3.05, 3.63) is 48.7 Å². The molecule has 0 spiro atoms. The van der Waals surface area contributed by atoms with E-state index in [0.29, 0.717) is 0 Å². The van der Waals surface area contributed by atoms with E-state index in [1.807, 2.05) is 42.5 Å². The second-order valence-corrected chi connectivity index (χ2v) is 4.12. The lowest BCUT2D eigenvalue weighted by Gasteiger charge is -1.90. The summed E-state index contributed by atoms with van der Waals surface area (Å²) in [5.74, 6) is 0.737. The number of H-pyrrole nitrogens is 1. The third kappa shape index (κ3) is 1.26. The van der Waals surface area contributed by atoms with Crippen LogP contribution in [0.5, 0.6) is 0 Å². The van der Waals surface area contributed by atoms with Crippen molar-refractivity contribution in [1.29, 1.82) is 0 Å². The average Bonchev–Trinajstić information content (AvgIpc) is 3.02. The summed E-state index contributed by atoms with van der Waals surface area (Å²) in [6.45, 7) is 0. The lowest BCUT2D eigenvalue weighted by Crippen LogP contribution is -1.73. The number of nitrogens with one attached hydrogen (secondary N) is 1. The average molecular weight is 235 g/mol. The summed E-state index contributed by atoms with van der Waals surface area (Å²) >= 11 is 0. The van der Waals surface area contributed by atoms with Crippen LogP contribution < -0.4 is 0 Å². The van der Waals surface area contributed by atoms with E-state index >= 15 is 0 Å². The number of hydrogen-bond donors (Lipinski definition) is 1. The molecule has 4 rings (SSSR count). The second-order valence-electron chi connectivity index (χ2n) is 4.12. The second kappa shape index (κ2) is 3.43. The van der Waals surface area contributed by atoms with E-state index in [4.69, 9.17) is 4.42 Å². The third-order valence-corrected chi connectivity index (χ3v) is 2.99. The van der Waals surface area contributed by atoms with Crippen LogP contribution in [0, 0.1) is 0 Å². The van der Waals surface area contributed by atoms with Crippen LogP contribution in [0.1, 0.15) is 0 Å². The monoisotopic (exact) mass is 235 g/mol. The SMILES string of the molecule is c1ccc2c(-c3cc4ncccc4o3)n[nH]c2c1. The molecule has 3 aromatic heterocycles. The van der Waals surface area contributed by atoms with E-state index < -0.39 is 0 Å². The molecule has 0 saturated heterocycles. The minimum absolute atomic E-state index is 0.737. The Morgan fingerprint density at radius 1 is 1.06 bits per heavy atom. The standard InChI is InChI=1S/C14H9N3O/c1-2-5-10-9(4-1)14(17-16-10)13-8-11-12(18-13)6-3-7-15-11/h1-8H,(H,16,17). The first-order chi connectivity index (χ1) is 8.92. The fourth-order valence-corrected chi connectivity index (χ4v) is 2.14. The van der Waals surface area contributed by atoms with Crippen LogP contribution >= 0.6 is 0 Å². The van der Waals surface area contributed by atoms with E-state index in [9.17, 15) is 0 Å². The molecular weight excluding hydrogens is 226 g/mol.